The number of halogens is 1. The molecule has 0 N–H and O–H groups in total. The molecule has 1 unspecified atom stereocenters. The zero-order chi connectivity index (χ0) is 20.0. The first-order valence-corrected chi connectivity index (χ1v) is 10.2. The van der Waals surface area contributed by atoms with Gasteiger partial charge in [0.25, 0.3) is 0 Å². The molecule has 29 heavy (non-hydrogen) atoms. The molecule has 1 spiro atoms. The number of carbonyl (C=O) groups excluding carboxylic acids is 1. The Hall–Kier alpha value is -2.85. The van der Waals surface area contributed by atoms with Crippen molar-refractivity contribution in [1.29, 1.82) is 5.26 Å². The average molecular weight is 410 g/mol. The average Bonchev–Trinajstić information content (AvgIpc) is 3.53. The van der Waals surface area contributed by atoms with Crippen LogP contribution >= 0.6 is 11.6 Å². The van der Waals surface area contributed by atoms with Crippen LogP contribution in [0.3, 0.4) is 0 Å². The van der Waals surface area contributed by atoms with Crippen molar-refractivity contribution in [3.05, 3.63) is 46.9 Å². The van der Waals surface area contributed by atoms with E-state index in [1.165, 1.54) is 18.4 Å². The maximum atomic E-state index is 12.7. The van der Waals surface area contributed by atoms with Crippen molar-refractivity contribution in [2.75, 3.05) is 29.4 Å². The fraction of sp³-hybridized carbons (Fsp3) is 0.429. The summed E-state index contributed by atoms with van der Waals surface area (Å²) < 4.78 is 5.89. The Labute approximate surface area is 173 Å². The molecule has 5 rings (SSSR count). The van der Waals surface area contributed by atoms with Gasteiger partial charge in [0.05, 0.1) is 19.3 Å². The lowest BCUT2D eigenvalue weighted by molar-refractivity contribution is 0.0445. The van der Waals surface area contributed by atoms with Gasteiger partial charge in [-0.1, -0.05) is 23.7 Å². The summed E-state index contributed by atoms with van der Waals surface area (Å²) in [6.45, 7) is 1.79. The fourth-order valence-corrected chi connectivity index (χ4v) is 4.43. The predicted octanol–water partition coefficient (Wildman–Crippen LogP) is 3.87. The summed E-state index contributed by atoms with van der Waals surface area (Å²) in [6.07, 6.45) is 5.41. The van der Waals surface area contributed by atoms with Crippen LogP contribution in [0.1, 0.15) is 42.9 Å². The minimum Gasteiger partial charge on any atom is -0.439 e. The van der Waals surface area contributed by atoms with Crippen molar-refractivity contribution < 1.29 is 9.53 Å². The van der Waals surface area contributed by atoms with E-state index in [9.17, 15) is 4.79 Å². The van der Waals surface area contributed by atoms with Crippen LogP contribution in [0.2, 0.25) is 5.15 Å². The number of piperidine rings is 1. The van der Waals surface area contributed by atoms with E-state index in [-0.39, 0.29) is 16.9 Å². The molecule has 3 heterocycles. The van der Waals surface area contributed by atoms with Crippen LogP contribution in [0, 0.1) is 11.3 Å². The Morgan fingerprint density at radius 2 is 2.03 bits per heavy atom. The van der Waals surface area contributed by atoms with E-state index in [0.29, 0.717) is 24.8 Å². The maximum absolute atomic E-state index is 12.7. The zero-order valence-corrected chi connectivity index (χ0v) is 16.6. The quantitative estimate of drug-likeness (QED) is 0.765. The van der Waals surface area contributed by atoms with E-state index in [1.54, 1.807) is 11.1 Å². The summed E-state index contributed by atoms with van der Waals surface area (Å²) in [5.41, 5.74) is 1.73. The van der Waals surface area contributed by atoms with Crippen molar-refractivity contribution in [2.45, 2.75) is 37.2 Å². The summed E-state index contributed by atoms with van der Waals surface area (Å²) in [5, 5.41) is 9.08. The van der Waals surface area contributed by atoms with Gasteiger partial charge in [0.2, 0.25) is 0 Å². The maximum Gasteiger partial charge on any atom is 0.415 e. The highest BCUT2D eigenvalue weighted by atomic mass is 35.5. The van der Waals surface area contributed by atoms with Gasteiger partial charge in [-0.25, -0.2) is 14.8 Å². The van der Waals surface area contributed by atoms with Crippen LogP contribution in [0.15, 0.2) is 30.5 Å². The molecule has 2 aliphatic heterocycles. The molecule has 1 aromatic carbocycles. The number of amides is 1. The van der Waals surface area contributed by atoms with Gasteiger partial charge in [-0.15, -0.1) is 0 Å². The van der Waals surface area contributed by atoms with E-state index in [2.05, 4.69) is 22.1 Å². The number of hydrogen-bond donors (Lipinski definition) is 0. The minimum absolute atomic E-state index is 0.0884. The summed E-state index contributed by atoms with van der Waals surface area (Å²) in [5.74, 6) is 1.28. The molecule has 7 nitrogen and oxygen atoms in total. The lowest BCUT2D eigenvalue weighted by Crippen LogP contribution is -2.51. The molecule has 0 radical (unpaired) electrons. The molecule has 3 fully saturated rings. The van der Waals surface area contributed by atoms with Gasteiger partial charge in [-0.05, 0) is 49.3 Å². The van der Waals surface area contributed by atoms with E-state index in [0.717, 1.165) is 25.1 Å². The highest BCUT2D eigenvalue weighted by Crippen LogP contribution is 2.41. The lowest BCUT2D eigenvalue weighted by Gasteiger charge is -2.38. The van der Waals surface area contributed by atoms with Crippen LogP contribution in [0.25, 0.3) is 0 Å². The third-order valence-electron chi connectivity index (χ3n) is 5.91. The summed E-state index contributed by atoms with van der Waals surface area (Å²) in [7, 11) is 0. The first kappa shape index (κ1) is 18.2. The van der Waals surface area contributed by atoms with Gasteiger partial charge >= 0.3 is 6.09 Å². The largest absolute Gasteiger partial charge is 0.439 e. The topological polar surface area (TPSA) is 82.4 Å². The molecule has 1 aliphatic carbocycles. The van der Waals surface area contributed by atoms with Crippen molar-refractivity contribution in [3.63, 3.8) is 0 Å². The molecule has 2 aromatic rings. The number of nitrogens with zero attached hydrogens (tertiary/aromatic N) is 5. The molecule has 2 saturated heterocycles. The highest BCUT2D eigenvalue weighted by Gasteiger charge is 2.48. The number of aromatic nitrogens is 2. The van der Waals surface area contributed by atoms with E-state index < -0.39 is 5.60 Å². The number of ether oxygens (including phenoxy) is 1. The minimum atomic E-state index is -0.591. The molecule has 1 amide bonds. The van der Waals surface area contributed by atoms with Crippen molar-refractivity contribution in [1.82, 2.24) is 9.97 Å². The van der Waals surface area contributed by atoms with Crippen LogP contribution < -0.4 is 9.80 Å². The predicted molar refractivity (Wildman–Crippen MR) is 108 cm³/mol. The molecule has 1 aromatic heterocycles. The summed E-state index contributed by atoms with van der Waals surface area (Å²) in [4.78, 5) is 24.8. The second-order valence-electron chi connectivity index (χ2n) is 8.01. The second kappa shape index (κ2) is 6.89. The van der Waals surface area contributed by atoms with Crippen LogP contribution in [-0.2, 0) is 4.74 Å². The van der Waals surface area contributed by atoms with Crippen LogP contribution in [0.4, 0.5) is 16.3 Å². The molecular formula is C21H20ClN5O2. The number of benzene rings is 1. The Balaban J connectivity index is 1.34. The van der Waals surface area contributed by atoms with Crippen molar-refractivity contribution >= 4 is 29.2 Å². The molecule has 8 heteroatoms. The van der Waals surface area contributed by atoms with Gasteiger partial charge in [0, 0.05) is 12.2 Å². The van der Waals surface area contributed by atoms with Gasteiger partial charge in [0.15, 0.2) is 10.8 Å². The van der Waals surface area contributed by atoms with E-state index in [1.807, 2.05) is 23.1 Å². The third-order valence-corrected chi connectivity index (χ3v) is 6.17. The number of anilines is 2. The molecule has 1 atom stereocenters. The van der Waals surface area contributed by atoms with E-state index in [4.69, 9.17) is 21.6 Å². The molecular weight excluding hydrogens is 390 g/mol. The number of carbonyl (C=O) groups is 1. The monoisotopic (exact) mass is 409 g/mol. The van der Waals surface area contributed by atoms with Crippen LogP contribution in [0.5, 0.6) is 0 Å². The molecule has 1 saturated carbocycles. The second-order valence-corrected chi connectivity index (χ2v) is 8.37. The Morgan fingerprint density at radius 1 is 1.24 bits per heavy atom. The highest BCUT2D eigenvalue weighted by molar-refractivity contribution is 6.30. The number of hydrogen-bond acceptors (Lipinski definition) is 6. The molecule has 148 valence electrons. The Kier molecular flexibility index (Phi) is 4.32. The summed E-state index contributed by atoms with van der Waals surface area (Å²) in [6, 6.07) is 10.2. The third kappa shape index (κ3) is 3.38. The van der Waals surface area contributed by atoms with Gasteiger partial charge in [-0.3, -0.25) is 4.90 Å². The lowest BCUT2D eigenvalue weighted by atomic mass is 9.92. The standard InChI is InChI=1S/C21H20ClN5O2/c22-19-17(10-23)24-11-18(25-19)26-9-1-8-21(12-26)13-27(20(28)29-21)16-6-4-15(5-7-16)14-2-3-14/h4-7,11,14H,1-3,8-9,12-13H2. The van der Waals surface area contributed by atoms with E-state index >= 15 is 0 Å². The van der Waals surface area contributed by atoms with Crippen LogP contribution in [-0.4, -0.2) is 41.3 Å². The van der Waals surface area contributed by atoms with Gasteiger partial charge in [0.1, 0.15) is 17.5 Å². The number of nitriles is 1. The Bertz CT molecular complexity index is 1000. The van der Waals surface area contributed by atoms with Gasteiger partial charge in [-0.2, -0.15) is 5.26 Å². The first-order valence-electron chi connectivity index (χ1n) is 9.85. The normalized spacial score (nSPS) is 23.9. The SMILES string of the molecule is N#Cc1ncc(N2CCCC3(C2)CN(c2ccc(C4CC4)cc2)C(=O)O3)nc1Cl. The molecule has 3 aliphatic rings. The number of rotatable bonds is 3. The molecule has 0 bridgehead atoms. The first-order chi connectivity index (χ1) is 14.1. The van der Waals surface area contributed by atoms with Crippen molar-refractivity contribution in [2.24, 2.45) is 0 Å². The zero-order valence-electron chi connectivity index (χ0n) is 15.8. The van der Waals surface area contributed by atoms with Gasteiger partial charge < -0.3 is 9.64 Å². The Morgan fingerprint density at radius 3 is 2.72 bits per heavy atom. The summed E-state index contributed by atoms with van der Waals surface area (Å²) >= 11 is 6.05. The smallest absolute Gasteiger partial charge is 0.415 e. The van der Waals surface area contributed by atoms with Crippen molar-refractivity contribution in [3.8, 4) is 6.07 Å². The fourth-order valence-electron chi connectivity index (χ4n) is 4.26.